The molecule has 3 aromatic heterocycles. The van der Waals surface area contributed by atoms with E-state index in [-0.39, 0.29) is 5.76 Å². The predicted molar refractivity (Wildman–Crippen MR) is 73.6 cm³/mol. The van der Waals surface area contributed by atoms with Gasteiger partial charge in [-0.05, 0) is 24.3 Å². The quantitative estimate of drug-likeness (QED) is 0.632. The molecule has 0 amide bonds. The number of furan rings is 2. The fraction of sp³-hybridized carbons (Fsp3) is 0. The number of anilines is 1. The molecule has 4 N–H and O–H groups in total. The molecule has 0 saturated carbocycles. The van der Waals surface area contributed by atoms with Crippen molar-refractivity contribution in [2.24, 2.45) is 0 Å². The largest absolute Gasteiger partial charge is 0.463 e. The normalized spacial score (nSPS) is 11.9. The van der Waals surface area contributed by atoms with Crippen molar-refractivity contribution >= 4 is 29.6 Å². The SMILES string of the molecule is Nc1nc(-c2ccc(P(=O)(O)O)o2)c(-c2ccco2)s1. The first-order chi connectivity index (χ1) is 9.45. The van der Waals surface area contributed by atoms with E-state index in [4.69, 9.17) is 24.4 Å². The number of aromatic nitrogens is 1. The van der Waals surface area contributed by atoms with Gasteiger partial charge in [0.2, 0.25) is 5.50 Å². The highest BCUT2D eigenvalue weighted by Crippen LogP contribution is 2.40. The molecule has 3 aromatic rings. The Morgan fingerprint density at radius 1 is 1.25 bits per heavy atom. The van der Waals surface area contributed by atoms with E-state index in [0.717, 1.165) is 0 Å². The first kappa shape index (κ1) is 13.1. The summed E-state index contributed by atoms with van der Waals surface area (Å²) in [7, 11) is -4.43. The molecule has 9 heteroatoms. The third-order valence-electron chi connectivity index (χ3n) is 2.50. The molecule has 104 valence electrons. The Kier molecular flexibility index (Phi) is 3.02. The maximum atomic E-state index is 11.1. The Balaban J connectivity index is 2.11. The molecule has 0 aliphatic rings. The van der Waals surface area contributed by atoms with Gasteiger partial charge in [-0.1, -0.05) is 11.3 Å². The van der Waals surface area contributed by atoms with Gasteiger partial charge in [0.05, 0.1) is 6.26 Å². The fourth-order valence-electron chi connectivity index (χ4n) is 1.69. The number of nitrogens with two attached hydrogens (primary N) is 1. The molecule has 0 aliphatic carbocycles. The summed E-state index contributed by atoms with van der Waals surface area (Å²) >= 11 is 1.20. The Morgan fingerprint density at radius 3 is 2.65 bits per heavy atom. The molecule has 0 spiro atoms. The van der Waals surface area contributed by atoms with Crippen molar-refractivity contribution in [2.75, 3.05) is 5.73 Å². The van der Waals surface area contributed by atoms with Crippen LogP contribution in [0.4, 0.5) is 5.13 Å². The van der Waals surface area contributed by atoms with Crippen LogP contribution in [-0.2, 0) is 4.57 Å². The minimum absolute atomic E-state index is 0.225. The zero-order valence-corrected chi connectivity index (χ0v) is 11.6. The van der Waals surface area contributed by atoms with Crippen LogP contribution in [0.1, 0.15) is 0 Å². The zero-order valence-electron chi connectivity index (χ0n) is 9.89. The second-order valence-electron chi connectivity index (χ2n) is 3.89. The van der Waals surface area contributed by atoms with Crippen LogP contribution in [0, 0.1) is 0 Å². The lowest BCUT2D eigenvalue weighted by Crippen LogP contribution is -1.98. The lowest BCUT2D eigenvalue weighted by molar-refractivity contribution is 0.377. The van der Waals surface area contributed by atoms with Gasteiger partial charge in [0.1, 0.15) is 16.3 Å². The average molecular weight is 312 g/mol. The smallest absolute Gasteiger partial charge is 0.391 e. The van der Waals surface area contributed by atoms with E-state index in [1.165, 1.54) is 29.7 Å². The zero-order chi connectivity index (χ0) is 14.3. The van der Waals surface area contributed by atoms with Gasteiger partial charge in [0.25, 0.3) is 0 Å². The standard InChI is InChI=1S/C11H9N2O5PS/c12-11-13-9(10(20-11)7-2-1-5-17-7)6-3-4-8(18-6)19(14,15)16/h1-5H,(H2,12,13)(H2,14,15,16). The van der Waals surface area contributed by atoms with Gasteiger partial charge in [0.15, 0.2) is 10.9 Å². The number of rotatable bonds is 3. The average Bonchev–Trinajstić information content (AvgIpc) is 3.07. The van der Waals surface area contributed by atoms with E-state index >= 15 is 0 Å². The topological polar surface area (TPSA) is 123 Å². The molecular weight excluding hydrogens is 303 g/mol. The summed E-state index contributed by atoms with van der Waals surface area (Å²) in [6, 6.07) is 6.12. The summed E-state index contributed by atoms with van der Waals surface area (Å²) in [6.45, 7) is 0. The van der Waals surface area contributed by atoms with Crippen molar-refractivity contribution in [3.8, 4) is 22.1 Å². The third kappa shape index (κ3) is 2.30. The van der Waals surface area contributed by atoms with Gasteiger partial charge in [-0.2, -0.15) is 0 Å². The molecule has 7 nitrogen and oxygen atoms in total. The molecule has 0 aliphatic heterocycles. The molecule has 0 fully saturated rings. The monoisotopic (exact) mass is 312 g/mol. The molecule has 0 aromatic carbocycles. The molecule has 0 atom stereocenters. The number of hydrogen-bond acceptors (Lipinski definition) is 6. The van der Waals surface area contributed by atoms with Crippen molar-refractivity contribution in [3.63, 3.8) is 0 Å². The Bertz CT molecular complexity index is 786. The van der Waals surface area contributed by atoms with E-state index in [1.807, 2.05) is 0 Å². The van der Waals surface area contributed by atoms with E-state index in [1.54, 1.807) is 12.1 Å². The van der Waals surface area contributed by atoms with Gasteiger partial charge >= 0.3 is 7.60 Å². The van der Waals surface area contributed by atoms with Crippen molar-refractivity contribution in [2.45, 2.75) is 0 Å². The Labute approximate surface area is 116 Å². The molecule has 0 radical (unpaired) electrons. The highest BCUT2D eigenvalue weighted by Gasteiger charge is 2.25. The summed E-state index contributed by atoms with van der Waals surface area (Å²) in [5.41, 5.74) is 5.66. The molecule has 0 bridgehead atoms. The fourth-order valence-corrected chi connectivity index (χ4v) is 2.98. The highest BCUT2D eigenvalue weighted by atomic mass is 32.1. The van der Waals surface area contributed by atoms with E-state index in [9.17, 15) is 4.57 Å². The second-order valence-corrected chi connectivity index (χ2v) is 6.45. The van der Waals surface area contributed by atoms with Crippen LogP contribution in [0.15, 0.2) is 39.4 Å². The van der Waals surface area contributed by atoms with Crippen molar-refractivity contribution in [1.29, 1.82) is 0 Å². The van der Waals surface area contributed by atoms with Gasteiger partial charge in [0, 0.05) is 0 Å². The lowest BCUT2D eigenvalue weighted by Gasteiger charge is -1.98. The number of nitrogens with zero attached hydrogens (tertiary/aromatic N) is 1. The minimum Gasteiger partial charge on any atom is -0.463 e. The van der Waals surface area contributed by atoms with E-state index in [2.05, 4.69) is 4.98 Å². The maximum absolute atomic E-state index is 11.1. The summed E-state index contributed by atoms with van der Waals surface area (Å²) in [5.74, 6) is 0.783. The summed E-state index contributed by atoms with van der Waals surface area (Å²) < 4.78 is 21.6. The van der Waals surface area contributed by atoms with E-state index in [0.29, 0.717) is 21.5 Å². The van der Waals surface area contributed by atoms with Crippen LogP contribution >= 0.6 is 18.9 Å². The van der Waals surface area contributed by atoms with Crippen molar-refractivity contribution in [1.82, 2.24) is 4.98 Å². The molecule has 0 unspecified atom stereocenters. The summed E-state index contributed by atoms with van der Waals surface area (Å²) in [6.07, 6.45) is 1.51. The molecule has 0 saturated heterocycles. The van der Waals surface area contributed by atoms with Gasteiger partial charge in [-0.3, -0.25) is 4.57 Å². The molecule has 20 heavy (non-hydrogen) atoms. The number of hydrogen-bond donors (Lipinski definition) is 3. The maximum Gasteiger partial charge on any atom is 0.391 e. The number of nitrogen functional groups attached to an aromatic ring is 1. The highest BCUT2D eigenvalue weighted by molar-refractivity contribution is 7.59. The van der Waals surface area contributed by atoms with Crippen LogP contribution in [0.2, 0.25) is 0 Å². The van der Waals surface area contributed by atoms with Gasteiger partial charge in [-0.25, -0.2) is 4.98 Å². The Hall–Kier alpha value is -1.86. The molecular formula is C11H9N2O5PS. The molecule has 3 rings (SSSR count). The van der Waals surface area contributed by atoms with Gasteiger partial charge in [-0.15, -0.1) is 0 Å². The second kappa shape index (κ2) is 4.60. The van der Waals surface area contributed by atoms with Crippen LogP contribution in [0.25, 0.3) is 22.1 Å². The minimum atomic E-state index is -4.43. The third-order valence-corrected chi connectivity index (χ3v) is 4.21. The Morgan fingerprint density at radius 2 is 2.05 bits per heavy atom. The number of thiazole rings is 1. The summed E-state index contributed by atoms with van der Waals surface area (Å²) in [4.78, 5) is 22.9. The van der Waals surface area contributed by atoms with Crippen LogP contribution in [0.3, 0.4) is 0 Å². The van der Waals surface area contributed by atoms with Gasteiger partial charge < -0.3 is 24.4 Å². The van der Waals surface area contributed by atoms with Crippen LogP contribution in [-0.4, -0.2) is 14.8 Å². The predicted octanol–water partition coefficient (Wildman–Crippen LogP) is 2.05. The molecule has 3 heterocycles. The lowest BCUT2D eigenvalue weighted by atomic mass is 10.2. The van der Waals surface area contributed by atoms with Crippen molar-refractivity contribution in [3.05, 3.63) is 30.5 Å². The summed E-state index contributed by atoms with van der Waals surface area (Å²) in [5, 5.41) is 0.306. The van der Waals surface area contributed by atoms with E-state index < -0.39 is 13.1 Å². The van der Waals surface area contributed by atoms with Crippen LogP contribution in [0.5, 0.6) is 0 Å². The van der Waals surface area contributed by atoms with Crippen molar-refractivity contribution < 1.29 is 23.2 Å². The van der Waals surface area contributed by atoms with Crippen LogP contribution < -0.4 is 11.2 Å². The first-order valence-corrected chi connectivity index (χ1v) is 7.84. The first-order valence-electron chi connectivity index (χ1n) is 5.41.